The first-order valence-corrected chi connectivity index (χ1v) is 8.29. The highest BCUT2D eigenvalue weighted by molar-refractivity contribution is 6.23. The SMILES string of the molecule is CCc1ccc(N2C(=O)C[C@H](Nc3ccc(C)c(C)c3)C2=O)cc1. The van der Waals surface area contributed by atoms with Gasteiger partial charge >= 0.3 is 0 Å². The summed E-state index contributed by atoms with van der Waals surface area (Å²) in [5, 5.41) is 3.20. The van der Waals surface area contributed by atoms with Crippen LogP contribution in [0.25, 0.3) is 0 Å². The minimum Gasteiger partial charge on any atom is -0.373 e. The van der Waals surface area contributed by atoms with Gasteiger partial charge in [-0.2, -0.15) is 0 Å². The van der Waals surface area contributed by atoms with Crippen molar-refractivity contribution in [3.63, 3.8) is 0 Å². The second kappa shape index (κ2) is 6.48. The average Bonchev–Trinajstić information content (AvgIpc) is 2.85. The number of carbonyl (C=O) groups excluding carboxylic acids is 2. The van der Waals surface area contributed by atoms with Crippen LogP contribution < -0.4 is 10.2 Å². The number of nitrogens with zero attached hydrogens (tertiary/aromatic N) is 1. The van der Waals surface area contributed by atoms with E-state index in [1.807, 2.05) is 56.3 Å². The van der Waals surface area contributed by atoms with Gasteiger partial charge in [-0.3, -0.25) is 9.59 Å². The summed E-state index contributed by atoms with van der Waals surface area (Å²) in [5.41, 5.74) is 5.05. The maximum Gasteiger partial charge on any atom is 0.256 e. The molecular weight excluding hydrogens is 300 g/mol. The van der Waals surface area contributed by atoms with E-state index in [0.717, 1.165) is 17.7 Å². The molecule has 24 heavy (non-hydrogen) atoms. The van der Waals surface area contributed by atoms with Crippen LogP contribution in [-0.4, -0.2) is 17.9 Å². The van der Waals surface area contributed by atoms with Gasteiger partial charge < -0.3 is 5.32 Å². The van der Waals surface area contributed by atoms with E-state index < -0.39 is 6.04 Å². The number of hydrogen-bond donors (Lipinski definition) is 1. The van der Waals surface area contributed by atoms with E-state index in [4.69, 9.17) is 0 Å². The number of nitrogens with one attached hydrogen (secondary N) is 1. The Bertz CT molecular complexity index is 781. The quantitative estimate of drug-likeness (QED) is 0.875. The van der Waals surface area contributed by atoms with Gasteiger partial charge in [0, 0.05) is 5.69 Å². The third-order valence-corrected chi connectivity index (χ3v) is 4.60. The van der Waals surface area contributed by atoms with Crippen LogP contribution in [0.2, 0.25) is 0 Å². The highest BCUT2D eigenvalue weighted by atomic mass is 16.2. The summed E-state index contributed by atoms with van der Waals surface area (Å²) in [4.78, 5) is 26.3. The molecule has 0 aromatic heterocycles. The van der Waals surface area contributed by atoms with Gasteiger partial charge in [0.05, 0.1) is 12.1 Å². The first-order valence-electron chi connectivity index (χ1n) is 8.29. The second-order valence-electron chi connectivity index (χ2n) is 6.29. The molecule has 124 valence electrons. The minimum absolute atomic E-state index is 0.161. The molecule has 4 heteroatoms. The number of imide groups is 1. The molecule has 1 fully saturated rings. The lowest BCUT2D eigenvalue weighted by Crippen LogP contribution is -2.34. The Morgan fingerprint density at radius 3 is 2.38 bits per heavy atom. The monoisotopic (exact) mass is 322 g/mol. The molecule has 0 unspecified atom stereocenters. The van der Waals surface area contributed by atoms with Crippen molar-refractivity contribution >= 4 is 23.2 Å². The lowest BCUT2D eigenvalue weighted by Gasteiger charge is -2.17. The van der Waals surface area contributed by atoms with Gasteiger partial charge in [0.15, 0.2) is 0 Å². The smallest absolute Gasteiger partial charge is 0.256 e. The summed E-state index contributed by atoms with van der Waals surface area (Å²) in [6, 6.07) is 13.1. The van der Waals surface area contributed by atoms with Crippen molar-refractivity contribution in [3.8, 4) is 0 Å². The molecule has 1 aliphatic heterocycles. The fourth-order valence-corrected chi connectivity index (χ4v) is 2.93. The molecule has 1 atom stereocenters. The fourth-order valence-electron chi connectivity index (χ4n) is 2.93. The zero-order valence-corrected chi connectivity index (χ0v) is 14.3. The lowest BCUT2D eigenvalue weighted by atomic mass is 10.1. The molecule has 0 saturated carbocycles. The van der Waals surface area contributed by atoms with Crippen LogP contribution >= 0.6 is 0 Å². The first kappa shape index (κ1) is 16.2. The maximum absolute atomic E-state index is 12.7. The normalized spacial score (nSPS) is 17.5. The first-order chi connectivity index (χ1) is 11.5. The largest absolute Gasteiger partial charge is 0.373 e. The molecule has 0 spiro atoms. The van der Waals surface area contributed by atoms with Gasteiger partial charge in [-0.25, -0.2) is 4.90 Å². The number of anilines is 2. The van der Waals surface area contributed by atoms with Crippen LogP contribution in [0.15, 0.2) is 42.5 Å². The van der Waals surface area contributed by atoms with Crippen LogP contribution in [0, 0.1) is 13.8 Å². The molecule has 1 heterocycles. The Balaban J connectivity index is 1.79. The third kappa shape index (κ3) is 3.04. The summed E-state index contributed by atoms with van der Waals surface area (Å²) in [7, 11) is 0. The van der Waals surface area contributed by atoms with E-state index in [-0.39, 0.29) is 18.2 Å². The minimum atomic E-state index is -0.509. The van der Waals surface area contributed by atoms with Gasteiger partial charge in [-0.15, -0.1) is 0 Å². The van der Waals surface area contributed by atoms with Crippen molar-refractivity contribution in [2.24, 2.45) is 0 Å². The van der Waals surface area contributed by atoms with Crippen molar-refractivity contribution in [1.29, 1.82) is 0 Å². The Morgan fingerprint density at radius 2 is 1.75 bits per heavy atom. The predicted octanol–water partition coefficient (Wildman–Crippen LogP) is 3.61. The Morgan fingerprint density at radius 1 is 1.04 bits per heavy atom. The van der Waals surface area contributed by atoms with Crippen LogP contribution in [0.3, 0.4) is 0 Å². The maximum atomic E-state index is 12.7. The molecule has 0 aliphatic carbocycles. The topological polar surface area (TPSA) is 49.4 Å². The molecule has 3 rings (SSSR count). The molecule has 1 aliphatic rings. The lowest BCUT2D eigenvalue weighted by molar-refractivity contribution is -0.121. The standard InChI is InChI=1S/C20H22N2O2/c1-4-15-6-9-17(10-7-15)22-19(23)12-18(20(22)24)21-16-8-5-13(2)14(3)11-16/h5-11,18,21H,4,12H2,1-3H3/t18-/m0/s1. The molecule has 2 amide bonds. The highest BCUT2D eigenvalue weighted by Crippen LogP contribution is 2.26. The van der Waals surface area contributed by atoms with E-state index in [1.165, 1.54) is 16.0 Å². The molecule has 1 saturated heterocycles. The number of carbonyl (C=O) groups is 2. The van der Waals surface area contributed by atoms with Gasteiger partial charge in [0.25, 0.3) is 5.91 Å². The zero-order chi connectivity index (χ0) is 17.3. The van der Waals surface area contributed by atoms with Crippen LogP contribution in [0.4, 0.5) is 11.4 Å². The van der Waals surface area contributed by atoms with Crippen LogP contribution in [-0.2, 0) is 16.0 Å². The number of rotatable bonds is 4. The molecule has 4 nitrogen and oxygen atoms in total. The zero-order valence-electron chi connectivity index (χ0n) is 14.3. The third-order valence-electron chi connectivity index (χ3n) is 4.60. The molecule has 2 aromatic rings. The molecular formula is C20H22N2O2. The summed E-state index contributed by atoms with van der Waals surface area (Å²) in [5.74, 6) is -0.354. The average molecular weight is 322 g/mol. The summed E-state index contributed by atoms with van der Waals surface area (Å²) in [6.07, 6.45) is 1.11. The molecule has 0 bridgehead atoms. The number of aryl methyl sites for hydroxylation is 3. The van der Waals surface area contributed by atoms with E-state index in [2.05, 4.69) is 12.2 Å². The van der Waals surface area contributed by atoms with E-state index in [0.29, 0.717) is 5.69 Å². The van der Waals surface area contributed by atoms with Crippen molar-refractivity contribution in [1.82, 2.24) is 0 Å². The van der Waals surface area contributed by atoms with Crippen molar-refractivity contribution in [3.05, 3.63) is 59.2 Å². The van der Waals surface area contributed by atoms with E-state index >= 15 is 0 Å². The van der Waals surface area contributed by atoms with Crippen molar-refractivity contribution in [2.45, 2.75) is 39.7 Å². The summed E-state index contributed by atoms with van der Waals surface area (Å²) < 4.78 is 0. The fraction of sp³-hybridized carbons (Fsp3) is 0.300. The Hall–Kier alpha value is -2.62. The number of hydrogen-bond acceptors (Lipinski definition) is 3. The molecule has 1 N–H and O–H groups in total. The number of benzene rings is 2. The van der Waals surface area contributed by atoms with Gasteiger partial charge in [0.2, 0.25) is 5.91 Å². The van der Waals surface area contributed by atoms with Gasteiger partial charge in [-0.1, -0.05) is 25.1 Å². The van der Waals surface area contributed by atoms with Crippen molar-refractivity contribution in [2.75, 3.05) is 10.2 Å². The molecule has 2 aromatic carbocycles. The Labute approximate surface area is 142 Å². The summed E-state index contributed by atoms with van der Waals surface area (Å²) in [6.45, 7) is 6.15. The van der Waals surface area contributed by atoms with E-state index in [9.17, 15) is 9.59 Å². The Kier molecular flexibility index (Phi) is 4.38. The number of amides is 2. The van der Waals surface area contributed by atoms with Crippen LogP contribution in [0.1, 0.15) is 30.0 Å². The second-order valence-corrected chi connectivity index (χ2v) is 6.29. The summed E-state index contributed by atoms with van der Waals surface area (Å²) >= 11 is 0. The van der Waals surface area contributed by atoms with Crippen molar-refractivity contribution < 1.29 is 9.59 Å². The van der Waals surface area contributed by atoms with Crippen LogP contribution in [0.5, 0.6) is 0 Å². The van der Waals surface area contributed by atoms with Gasteiger partial charge in [0.1, 0.15) is 6.04 Å². The highest BCUT2D eigenvalue weighted by Gasteiger charge is 2.39. The molecule has 0 radical (unpaired) electrons. The van der Waals surface area contributed by atoms with Gasteiger partial charge in [-0.05, 0) is 61.2 Å². The van der Waals surface area contributed by atoms with E-state index in [1.54, 1.807) is 0 Å². The predicted molar refractivity (Wildman–Crippen MR) is 96.3 cm³/mol.